The summed E-state index contributed by atoms with van der Waals surface area (Å²) < 4.78 is 5.29. The zero-order valence-electron chi connectivity index (χ0n) is 13.6. The largest absolute Gasteiger partial charge is 0.339 e. The van der Waals surface area contributed by atoms with E-state index in [1.54, 1.807) is 11.3 Å². The number of hydrogen-bond donors (Lipinski definition) is 1. The molecule has 0 radical (unpaired) electrons. The Bertz CT molecular complexity index is 633. The van der Waals surface area contributed by atoms with E-state index in [1.165, 1.54) is 24.8 Å². The van der Waals surface area contributed by atoms with Crippen molar-refractivity contribution in [3.63, 3.8) is 0 Å². The molecule has 5 nitrogen and oxygen atoms in total. The van der Waals surface area contributed by atoms with Gasteiger partial charge in [-0.3, -0.25) is 4.90 Å². The molecule has 6 heteroatoms. The lowest BCUT2D eigenvalue weighted by molar-refractivity contribution is 0.182. The van der Waals surface area contributed by atoms with Crippen molar-refractivity contribution in [1.29, 1.82) is 0 Å². The second-order valence-electron chi connectivity index (χ2n) is 6.83. The normalized spacial score (nSPS) is 22.8. The molecule has 2 fully saturated rings. The molecule has 0 amide bonds. The van der Waals surface area contributed by atoms with Crippen LogP contribution in [0.1, 0.15) is 43.5 Å². The third-order valence-electron chi connectivity index (χ3n) is 5.31. The molecule has 1 atom stereocenters. The highest BCUT2D eigenvalue weighted by atomic mass is 32.1. The van der Waals surface area contributed by atoms with Gasteiger partial charge in [0.2, 0.25) is 5.89 Å². The number of thiophene rings is 1. The van der Waals surface area contributed by atoms with Gasteiger partial charge in [0.1, 0.15) is 0 Å². The van der Waals surface area contributed by atoms with Gasteiger partial charge in [-0.05, 0) is 60.2 Å². The zero-order valence-corrected chi connectivity index (χ0v) is 14.4. The maximum Gasteiger partial charge on any atom is 0.226 e. The highest BCUT2D eigenvalue weighted by Crippen LogP contribution is 2.56. The van der Waals surface area contributed by atoms with Gasteiger partial charge in [0.25, 0.3) is 0 Å². The van der Waals surface area contributed by atoms with Crippen molar-refractivity contribution in [2.75, 3.05) is 13.1 Å². The van der Waals surface area contributed by atoms with Gasteiger partial charge in [0, 0.05) is 19.0 Å². The zero-order chi connectivity index (χ0) is 15.7. The number of piperidine rings is 1. The molecule has 1 saturated carbocycles. The van der Waals surface area contributed by atoms with Crippen molar-refractivity contribution in [3.8, 4) is 0 Å². The van der Waals surface area contributed by atoms with E-state index in [-0.39, 0.29) is 0 Å². The Morgan fingerprint density at radius 3 is 2.96 bits per heavy atom. The fourth-order valence-electron chi connectivity index (χ4n) is 3.88. The topological polar surface area (TPSA) is 54.2 Å². The van der Waals surface area contributed by atoms with Gasteiger partial charge in [-0.2, -0.15) is 16.3 Å². The van der Waals surface area contributed by atoms with Crippen LogP contribution in [0.2, 0.25) is 0 Å². The highest BCUT2D eigenvalue weighted by molar-refractivity contribution is 7.07. The molecule has 2 aromatic heterocycles. The molecule has 1 aliphatic carbocycles. The summed E-state index contributed by atoms with van der Waals surface area (Å²) in [6, 6.07) is 2.89. The lowest BCUT2D eigenvalue weighted by atomic mass is 9.93. The van der Waals surface area contributed by atoms with E-state index in [4.69, 9.17) is 4.52 Å². The van der Waals surface area contributed by atoms with Crippen LogP contribution in [0.4, 0.5) is 0 Å². The van der Waals surface area contributed by atoms with Gasteiger partial charge in [0.05, 0.1) is 6.54 Å². The highest BCUT2D eigenvalue weighted by Gasteiger charge is 2.56. The van der Waals surface area contributed by atoms with Crippen LogP contribution < -0.4 is 5.32 Å². The number of aromatic nitrogens is 2. The average molecular weight is 332 g/mol. The first-order chi connectivity index (χ1) is 11.3. The molecule has 1 saturated heterocycles. The van der Waals surface area contributed by atoms with Crippen molar-refractivity contribution in [3.05, 3.63) is 34.1 Å². The van der Waals surface area contributed by atoms with E-state index in [2.05, 4.69) is 37.2 Å². The first-order valence-corrected chi connectivity index (χ1v) is 9.51. The summed E-state index contributed by atoms with van der Waals surface area (Å²) in [5.74, 6) is 1.57. The standard InChI is InChI=1S/C17H24N4OS/c1-2-16-19-15(20-22-16)11-21(10-13-3-8-23-12-13)14-9-17(14)4-6-18-7-5-17/h3,8,12,14,18H,2,4-7,9-11H2,1H3/t14-/m0/s1. The van der Waals surface area contributed by atoms with E-state index >= 15 is 0 Å². The predicted molar refractivity (Wildman–Crippen MR) is 90.2 cm³/mol. The summed E-state index contributed by atoms with van der Waals surface area (Å²) in [4.78, 5) is 7.08. The summed E-state index contributed by atoms with van der Waals surface area (Å²) in [5, 5.41) is 12.1. The smallest absolute Gasteiger partial charge is 0.226 e. The second-order valence-corrected chi connectivity index (χ2v) is 7.61. The molecule has 1 aliphatic heterocycles. The minimum absolute atomic E-state index is 0.526. The number of hydrogen-bond acceptors (Lipinski definition) is 6. The minimum Gasteiger partial charge on any atom is -0.339 e. The molecule has 2 aliphatic rings. The molecule has 4 rings (SSSR count). The Balaban J connectivity index is 1.49. The molecule has 0 aromatic carbocycles. The molecular weight excluding hydrogens is 308 g/mol. The van der Waals surface area contributed by atoms with Gasteiger partial charge in [-0.15, -0.1) is 0 Å². The molecule has 1 N–H and O–H groups in total. The van der Waals surface area contributed by atoms with Crippen LogP contribution in [0.15, 0.2) is 21.3 Å². The molecule has 124 valence electrons. The van der Waals surface area contributed by atoms with Crippen molar-refractivity contribution in [2.45, 2.75) is 51.7 Å². The molecule has 1 spiro atoms. The van der Waals surface area contributed by atoms with Crippen LogP contribution in [0.25, 0.3) is 0 Å². The van der Waals surface area contributed by atoms with E-state index in [9.17, 15) is 0 Å². The number of rotatable bonds is 6. The van der Waals surface area contributed by atoms with Crippen molar-refractivity contribution >= 4 is 11.3 Å². The SMILES string of the molecule is CCc1nc(CN(Cc2ccsc2)[C@H]2CC23CCNCC3)no1. The van der Waals surface area contributed by atoms with Crippen molar-refractivity contribution in [1.82, 2.24) is 20.4 Å². The van der Waals surface area contributed by atoms with Crippen LogP contribution in [0, 0.1) is 5.41 Å². The molecule has 2 aromatic rings. The molecule has 0 unspecified atom stereocenters. The fraction of sp³-hybridized carbons (Fsp3) is 0.647. The Labute approximate surface area is 141 Å². The molecule has 0 bridgehead atoms. The maximum absolute atomic E-state index is 5.29. The Kier molecular flexibility index (Phi) is 4.22. The van der Waals surface area contributed by atoms with Gasteiger partial charge >= 0.3 is 0 Å². The summed E-state index contributed by atoms with van der Waals surface area (Å²) in [6.45, 7) is 6.14. The summed E-state index contributed by atoms with van der Waals surface area (Å²) in [5.41, 5.74) is 1.92. The fourth-order valence-corrected chi connectivity index (χ4v) is 4.54. The Morgan fingerprint density at radius 2 is 2.26 bits per heavy atom. The summed E-state index contributed by atoms with van der Waals surface area (Å²) >= 11 is 1.77. The van der Waals surface area contributed by atoms with Crippen LogP contribution in [-0.4, -0.2) is 34.2 Å². The number of aryl methyl sites for hydroxylation is 1. The molecular formula is C17H24N4OS. The van der Waals surface area contributed by atoms with Gasteiger partial charge in [-0.25, -0.2) is 0 Å². The number of nitrogens with zero attached hydrogens (tertiary/aromatic N) is 3. The first kappa shape index (κ1) is 15.3. The first-order valence-electron chi connectivity index (χ1n) is 8.56. The lowest BCUT2D eigenvalue weighted by Gasteiger charge is -2.28. The third-order valence-corrected chi connectivity index (χ3v) is 6.04. The van der Waals surface area contributed by atoms with Crippen LogP contribution in [0.5, 0.6) is 0 Å². The summed E-state index contributed by atoms with van der Waals surface area (Å²) in [7, 11) is 0. The van der Waals surface area contributed by atoms with Gasteiger partial charge in [-0.1, -0.05) is 12.1 Å². The van der Waals surface area contributed by atoms with E-state index < -0.39 is 0 Å². The van der Waals surface area contributed by atoms with Gasteiger partial charge in [0.15, 0.2) is 5.82 Å². The molecule has 3 heterocycles. The van der Waals surface area contributed by atoms with Crippen molar-refractivity contribution < 1.29 is 4.52 Å². The Hall–Kier alpha value is -1.24. The molecule has 23 heavy (non-hydrogen) atoms. The average Bonchev–Trinajstić information content (AvgIpc) is 2.99. The van der Waals surface area contributed by atoms with E-state index in [0.29, 0.717) is 11.5 Å². The van der Waals surface area contributed by atoms with Crippen LogP contribution in [0.3, 0.4) is 0 Å². The predicted octanol–water partition coefficient (Wildman–Crippen LogP) is 2.84. The monoisotopic (exact) mass is 332 g/mol. The third kappa shape index (κ3) is 3.20. The Morgan fingerprint density at radius 1 is 1.39 bits per heavy atom. The lowest BCUT2D eigenvalue weighted by Crippen LogP contribution is -2.35. The maximum atomic E-state index is 5.29. The second kappa shape index (κ2) is 6.34. The van der Waals surface area contributed by atoms with Crippen LogP contribution in [-0.2, 0) is 19.5 Å². The van der Waals surface area contributed by atoms with Crippen LogP contribution >= 0.6 is 11.3 Å². The number of nitrogens with one attached hydrogen (secondary N) is 1. The van der Waals surface area contributed by atoms with E-state index in [1.807, 2.05) is 6.92 Å². The van der Waals surface area contributed by atoms with E-state index in [0.717, 1.165) is 44.3 Å². The minimum atomic E-state index is 0.526. The van der Waals surface area contributed by atoms with Crippen molar-refractivity contribution in [2.24, 2.45) is 5.41 Å². The summed E-state index contributed by atoms with van der Waals surface area (Å²) in [6.07, 6.45) is 4.71. The quantitative estimate of drug-likeness (QED) is 0.881. The van der Waals surface area contributed by atoms with Gasteiger partial charge < -0.3 is 9.84 Å².